The molecule has 0 aromatic heterocycles. The maximum absolute atomic E-state index is 12.4. The lowest BCUT2D eigenvalue weighted by Crippen LogP contribution is -2.49. The Hall–Kier alpha value is -2.04. The van der Waals surface area contributed by atoms with Crippen molar-refractivity contribution < 1.29 is 14.7 Å². The Morgan fingerprint density at radius 1 is 1.33 bits per heavy atom. The minimum Gasteiger partial charge on any atom is -0.480 e. The van der Waals surface area contributed by atoms with Crippen LogP contribution in [0.25, 0.3) is 0 Å². The number of hydrogen-bond donors (Lipinski definition) is 2. The van der Waals surface area contributed by atoms with Crippen molar-refractivity contribution >= 4 is 17.7 Å². The number of para-hydroxylation sites is 1. The van der Waals surface area contributed by atoms with E-state index in [9.17, 15) is 14.7 Å². The number of hydrogen-bond acceptors (Lipinski definition) is 2. The van der Waals surface area contributed by atoms with Crippen molar-refractivity contribution in [2.45, 2.75) is 39.2 Å². The summed E-state index contributed by atoms with van der Waals surface area (Å²) in [6.45, 7) is 4.51. The lowest BCUT2D eigenvalue weighted by Gasteiger charge is -2.30. The Kier molecular flexibility index (Phi) is 4.83. The lowest BCUT2D eigenvalue weighted by atomic mass is 10.0. The standard InChI is InChI=1S/C16H22N2O3/c1-11(2)10-13(15(19)20)17-16(21)18-9-5-7-12-6-3-4-8-14(12)18/h3-4,6,8,11,13H,5,7,9-10H2,1-2H3,(H,17,21)(H,19,20)/t13-/m0/s1. The molecule has 0 saturated heterocycles. The zero-order chi connectivity index (χ0) is 15.4. The number of benzene rings is 1. The number of rotatable bonds is 4. The molecule has 114 valence electrons. The first-order valence-electron chi connectivity index (χ1n) is 7.37. The molecule has 5 nitrogen and oxygen atoms in total. The number of nitrogens with one attached hydrogen (secondary N) is 1. The number of nitrogens with zero attached hydrogens (tertiary/aromatic N) is 1. The van der Waals surface area contributed by atoms with Crippen LogP contribution in [0, 0.1) is 5.92 Å². The van der Waals surface area contributed by atoms with E-state index in [1.165, 1.54) is 0 Å². The summed E-state index contributed by atoms with van der Waals surface area (Å²) in [4.78, 5) is 25.3. The summed E-state index contributed by atoms with van der Waals surface area (Å²) in [5.41, 5.74) is 2.02. The number of carboxylic acid groups (broad SMARTS) is 1. The van der Waals surface area contributed by atoms with Crippen LogP contribution in [0.3, 0.4) is 0 Å². The second-order valence-corrected chi connectivity index (χ2v) is 5.85. The third-order valence-corrected chi connectivity index (χ3v) is 3.66. The van der Waals surface area contributed by atoms with Gasteiger partial charge in [0.25, 0.3) is 0 Å². The van der Waals surface area contributed by atoms with Gasteiger partial charge in [0, 0.05) is 12.2 Å². The van der Waals surface area contributed by atoms with Gasteiger partial charge in [-0.15, -0.1) is 0 Å². The van der Waals surface area contributed by atoms with E-state index in [1.807, 2.05) is 38.1 Å². The van der Waals surface area contributed by atoms with Crippen LogP contribution in [-0.2, 0) is 11.2 Å². The van der Waals surface area contributed by atoms with E-state index >= 15 is 0 Å². The zero-order valence-electron chi connectivity index (χ0n) is 12.5. The van der Waals surface area contributed by atoms with Gasteiger partial charge < -0.3 is 10.4 Å². The summed E-state index contributed by atoms with van der Waals surface area (Å²) < 4.78 is 0. The smallest absolute Gasteiger partial charge is 0.326 e. The molecule has 1 aromatic rings. The maximum atomic E-state index is 12.4. The third kappa shape index (κ3) is 3.74. The van der Waals surface area contributed by atoms with Crippen LogP contribution < -0.4 is 10.2 Å². The lowest BCUT2D eigenvalue weighted by molar-refractivity contribution is -0.139. The van der Waals surface area contributed by atoms with Crippen LogP contribution in [0.5, 0.6) is 0 Å². The van der Waals surface area contributed by atoms with Crippen LogP contribution >= 0.6 is 0 Å². The van der Waals surface area contributed by atoms with Gasteiger partial charge in [0.1, 0.15) is 6.04 Å². The average molecular weight is 290 g/mol. The molecule has 0 spiro atoms. The molecule has 0 aliphatic carbocycles. The highest BCUT2D eigenvalue weighted by Crippen LogP contribution is 2.26. The minimum absolute atomic E-state index is 0.208. The Labute approximate surface area is 125 Å². The van der Waals surface area contributed by atoms with Crippen LogP contribution in [0.4, 0.5) is 10.5 Å². The molecule has 1 aromatic carbocycles. The molecule has 0 radical (unpaired) electrons. The zero-order valence-corrected chi connectivity index (χ0v) is 12.5. The predicted octanol–water partition coefficient (Wildman–Crippen LogP) is 2.65. The van der Waals surface area contributed by atoms with Crippen molar-refractivity contribution in [2.75, 3.05) is 11.4 Å². The fourth-order valence-electron chi connectivity index (χ4n) is 2.66. The molecule has 2 N–H and O–H groups in total. The molecule has 0 bridgehead atoms. The van der Waals surface area contributed by atoms with Crippen molar-refractivity contribution in [3.63, 3.8) is 0 Å². The van der Waals surface area contributed by atoms with Gasteiger partial charge in [0.15, 0.2) is 0 Å². The second kappa shape index (κ2) is 6.61. The van der Waals surface area contributed by atoms with Crippen LogP contribution in [0.1, 0.15) is 32.3 Å². The van der Waals surface area contributed by atoms with Crippen molar-refractivity contribution in [2.24, 2.45) is 5.92 Å². The number of anilines is 1. The fraction of sp³-hybridized carbons (Fsp3) is 0.500. The van der Waals surface area contributed by atoms with Crippen molar-refractivity contribution in [3.8, 4) is 0 Å². The molecule has 1 aliphatic rings. The SMILES string of the molecule is CC(C)C[C@H](NC(=O)N1CCCc2ccccc21)C(=O)O. The topological polar surface area (TPSA) is 69.6 Å². The Morgan fingerprint density at radius 2 is 2.05 bits per heavy atom. The van der Waals surface area contributed by atoms with Gasteiger partial charge in [-0.2, -0.15) is 0 Å². The maximum Gasteiger partial charge on any atom is 0.326 e. The van der Waals surface area contributed by atoms with Crippen LogP contribution in [0.2, 0.25) is 0 Å². The molecule has 1 aliphatic heterocycles. The highest BCUT2D eigenvalue weighted by atomic mass is 16.4. The van der Waals surface area contributed by atoms with Crippen molar-refractivity contribution in [1.82, 2.24) is 5.32 Å². The molecular weight excluding hydrogens is 268 g/mol. The number of urea groups is 1. The molecule has 5 heteroatoms. The van der Waals surface area contributed by atoms with Gasteiger partial charge in [-0.1, -0.05) is 32.0 Å². The minimum atomic E-state index is -0.984. The Bertz CT molecular complexity index is 528. The van der Waals surface area contributed by atoms with Gasteiger partial charge in [-0.25, -0.2) is 9.59 Å². The van der Waals surface area contributed by atoms with Crippen LogP contribution in [0.15, 0.2) is 24.3 Å². The second-order valence-electron chi connectivity index (χ2n) is 5.85. The quantitative estimate of drug-likeness (QED) is 0.895. The monoisotopic (exact) mass is 290 g/mol. The van der Waals surface area contributed by atoms with E-state index < -0.39 is 12.0 Å². The van der Waals surface area contributed by atoms with Gasteiger partial charge in [0.2, 0.25) is 0 Å². The largest absolute Gasteiger partial charge is 0.480 e. The van der Waals surface area contributed by atoms with Gasteiger partial charge >= 0.3 is 12.0 Å². The number of fused-ring (bicyclic) bond motifs is 1. The van der Waals surface area contributed by atoms with Crippen molar-refractivity contribution in [1.29, 1.82) is 0 Å². The van der Waals surface area contributed by atoms with E-state index in [-0.39, 0.29) is 11.9 Å². The molecule has 2 rings (SSSR count). The molecule has 1 atom stereocenters. The van der Waals surface area contributed by atoms with Crippen molar-refractivity contribution in [3.05, 3.63) is 29.8 Å². The van der Waals surface area contributed by atoms with Gasteiger partial charge in [-0.05, 0) is 36.8 Å². The summed E-state index contributed by atoms with van der Waals surface area (Å²) in [5, 5.41) is 11.9. The predicted molar refractivity (Wildman–Crippen MR) is 81.5 cm³/mol. The number of carboxylic acids is 1. The highest BCUT2D eigenvalue weighted by molar-refractivity contribution is 5.95. The Morgan fingerprint density at radius 3 is 2.71 bits per heavy atom. The number of carbonyl (C=O) groups is 2. The first-order valence-corrected chi connectivity index (χ1v) is 7.37. The first kappa shape index (κ1) is 15.4. The summed E-state index contributed by atoms with van der Waals surface area (Å²) in [7, 11) is 0. The van der Waals surface area contributed by atoms with Gasteiger partial charge in [-0.3, -0.25) is 4.90 Å². The van der Waals surface area contributed by atoms with Crippen LogP contribution in [-0.4, -0.2) is 29.7 Å². The number of aliphatic carboxylic acids is 1. The van der Waals surface area contributed by atoms with E-state index in [0.29, 0.717) is 13.0 Å². The molecule has 0 unspecified atom stereocenters. The molecule has 21 heavy (non-hydrogen) atoms. The first-order chi connectivity index (χ1) is 9.99. The molecule has 0 fully saturated rings. The van der Waals surface area contributed by atoms with E-state index in [1.54, 1.807) is 4.90 Å². The molecular formula is C16H22N2O3. The summed E-state index contributed by atoms with van der Waals surface area (Å²) in [6, 6.07) is 6.61. The fourth-order valence-corrected chi connectivity index (χ4v) is 2.66. The third-order valence-electron chi connectivity index (χ3n) is 3.66. The number of carbonyl (C=O) groups excluding carboxylic acids is 1. The Balaban J connectivity index is 2.12. The highest BCUT2D eigenvalue weighted by Gasteiger charge is 2.27. The summed E-state index contributed by atoms with van der Waals surface area (Å²) >= 11 is 0. The average Bonchev–Trinajstić information content (AvgIpc) is 2.45. The normalized spacial score (nSPS) is 15.5. The molecule has 2 amide bonds. The summed E-state index contributed by atoms with van der Waals surface area (Å²) in [6.07, 6.45) is 2.28. The molecule has 1 heterocycles. The van der Waals surface area contributed by atoms with E-state index in [2.05, 4.69) is 5.32 Å². The number of aryl methyl sites for hydroxylation is 1. The summed E-state index contributed by atoms with van der Waals surface area (Å²) in [5.74, 6) is -0.776. The molecule has 0 saturated carbocycles. The van der Waals surface area contributed by atoms with Gasteiger partial charge in [0.05, 0.1) is 0 Å². The number of amides is 2. The van der Waals surface area contributed by atoms with E-state index in [4.69, 9.17) is 0 Å². The van der Waals surface area contributed by atoms with E-state index in [0.717, 1.165) is 24.1 Å².